The van der Waals surface area contributed by atoms with Crippen LogP contribution in [0.3, 0.4) is 0 Å². The molecule has 1 heterocycles. The molecule has 8 heteroatoms. The largest absolute Gasteiger partial charge is 0.471 e. The van der Waals surface area contributed by atoms with E-state index >= 15 is 0 Å². The van der Waals surface area contributed by atoms with Crippen LogP contribution in [0.5, 0.6) is 0 Å². The van der Waals surface area contributed by atoms with E-state index in [4.69, 9.17) is 0 Å². The Bertz CT molecular complexity index is 966. The van der Waals surface area contributed by atoms with Crippen molar-refractivity contribution in [1.82, 2.24) is 4.90 Å². The summed E-state index contributed by atoms with van der Waals surface area (Å²) in [6.45, 7) is 2.67. The van der Waals surface area contributed by atoms with Gasteiger partial charge in [0.15, 0.2) is 0 Å². The third-order valence-electron chi connectivity index (χ3n) is 7.17. The molecule has 5 aliphatic rings. The summed E-state index contributed by atoms with van der Waals surface area (Å²) in [5, 5.41) is 0. The average Bonchev–Trinajstić information content (AvgIpc) is 3.45. The van der Waals surface area contributed by atoms with Gasteiger partial charge >= 0.3 is 12.1 Å². The number of nitrogens with zero attached hydrogens (tertiary/aromatic N) is 2. The number of halogens is 3. The molecule has 0 spiro atoms. The zero-order valence-corrected chi connectivity index (χ0v) is 16.5. The summed E-state index contributed by atoms with van der Waals surface area (Å²) >= 11 is 0. The maximum absolute atomic E-state index is 13.4. The van der Waals surface area contributed by atoms with E-state index < -0.39 is 42.4 Å². The van der Waals surface area contributed by atoms with Gasteiger partial charge < -0.3 is 0 Å². The van der Waals surface area contributed by atoms with Gasteiger partial charge in [-0.3, -0.25) is 24.2 Å². The summed E-state index contributed by atoms with van der Waals surface area (Å²) in [5.74, 6) is -3.31. The molecule has 1 aromatic carbocycles. The van der Waals surface area contributed by atoms with Gasteiger partial charge in [-0.25, -0.2) is 0 Å². The van der Waals surface area contributed by atoms with Crippen LogP contribution in [0.15, 0.2) is 30.4 Å². The second-order valence-electron chi connectivity index (χ2n) is 8.92. The first-order valence-corrected chi connectivity index (χ1v) is 10.1. The van der Waals surface area contributed by atoms with Crippen molar-refractivity contribution in [3.63, 3.8) is 0 Å². The second kappa shape index (κ2) is 6.18. The van der Waals surface area contributed by atoms with E-state index in [9.17, 15) is 27.6 Å². The number of amides is 3. The highest BCUT2D eigenvalue weighted by molar-refractivity contribution is 6.07. The molecule has 6 atom stereocenters. The van der Waals surface area contributed by atoms with E-state index in [1.165, 1.54) is 6.07 Å². The van der Waals surface area contributed by atoms with Gasteiger partial charge in [-0.1, -0.05) is 29.8 Å². The average molecular weight is 418 g/mol. The highest BCUT2D eigenvalue weighted by Gasteiger charge is 2.67. The normalized spacial score (nSPS) is 33.6. The van der Waals surface area contributed by atoms with Crippen LogP contribution in [0.2, 0.25) is 0 Å². The monoisotopic (exact) mass is 418 g/mol. The molecule has 4 aliphatic carbocycles. The van der Waals surface area contributed by atoms with Crippen molar-refractivity contribution >= 4 is 23.4 Å². The quantitative estimate of drug-likeness (QED) is 0.560. The molecule has 30 heavy (non-hydrogen) atoms. The number of likely N-dealkylation sites (tertiary alicyclic amines) is 1. The predicted octanol–water partition coefficient (Wildman–Crippen LogP) is 3.21. The zero-order valence-electron chi connectivity index (χ0n) is 16.5. The topological polar surface area (TPSA) is 57.7 Å². The first-order chi connectivity index (χ1) is 14.1. The number of carbonyl (C=O) groups excluding carboxylic acids is 3. The van der Waals surface area contributed by atoms with E-state index in [0.29, 0.717) is 22.3 Å². The molecule has 1 aromatic rings. The van der Waals surface area contributed by atoms with E-state index in [1.807, 2.05) is 12.2 Å². The third kappa shape index (κ3) is 2.65. The number of alkyl halides is 3. The number of rotatable bonds is 3. The maximum atomic E-state index is 13.4. The Morgan fingerprint density at radius 1 is 1.07 bits per heavy atom. The lowest BCUT2D eigenvalue weighted by Gasteiger charge is -2.37. The van der Waals surface area contributed by atoms with Gasteiger partial charge in [0.25, 0.3) is 0 Å². The molecule has 6 unspecified atom stereocenters. The molecule has 3 fully saturated rings. The molecule has 5 nitrogen and oxygen atoms in total. The summed E-state index contributed by atoms with van der Waals surface area (Å²) in [6, 6.07) is 4.69. The van der Waals surface area contributed by atoms with Crippen LogP contribution in [0, 0.1) is 49.4 Å². The molecule has 2 saturated carbocycles. The van der Waals surface area contributed by atoms with Gasteiger partial charge in [0, 0.05) is 5.69 Å². The Hall–Kier alpha value is -2.64. The van der Waals surface area contributed by atoms with Crippen molar-refractivity contribution in [3.05, 3.63) is 41.5 Å². The number of anilines is 1. The first-order valence-electron chi connectivity index (χ1n) is 10.1. The van der Waals surface area contributed by atoms with Gasteiger partial charge in [0.05, 0.1) is 11.8 Å². The molecule has 1 aliphatic heterocycles. The number of carbonyl (C=O) groups is 3. The molecular formula is C22H21F3N2O3. The number of hydrogen-bond acceptors (Lipinski definition) is 3. The van der Waals surface area contributed by atoms with E-state index in [2.05, 4.69) is 0 Å². The van der Waals surface area contributed by atoms with Crippen LogP contribution in [0.1, 0.15) is 17.5 Å². The number of imide groups is 1. The minimum Gasteiger partial charge on any atom is -0.286 e. The van der Waals surface area contributed by atoms with Crippen molar-refractivity contribution in [2.24, 2.45) is 35.5 Å². The maximum Gasteiger partial charge on any atom is 0.471 e. The van der Waals surface area contributed by atoms with Crippen LogP contribution in [-0.2, 0) is 14.4 Å². The van der Waals surface area contributed by atoms with Crippen molar-refractivity contribution in [3.8, 4) is 0 Å². The molecule has 2 bridgehead atoms. The Balaban J connectivity index is 1.49. The Morgan fingerprint density at radius 2 is 1.63 bits per heavy atom. The van der Waals surface area contributed by atoms with Crippen LogP contribution in [0.25, 0.3) is 0 Å². The first kappa shape index (κ1) is 19.3. The Morgan fingerprint density at radius 3 is 2.13 bits per heavy atom. The van der Waals surface area contributed by atoms with E-state index in [-0.39, 0.29) is 17.5 Å². The predicted molar refractivity (Wildman–Crippen MR) is 101 cm³/mol. The molecule has 0 N–H and O–H groups in total. The molecular weight excluding hydrogens is 397 g/mol. The third-order valence-corrected chi connectivity index (χ3v) is 7.17. The van der Waals surface area contributed by atoms with Crippen LogP contribution >= 0.6 is 0 Å². The highest BCUT2D eigenvalue weighted by atomic mass is 19.4. The molecule has 6 rings (SSSR count). The number of aryl methyl sites for hydroxylation is 2. The summed E-state index contributed by atoms with van der Waals surface area (Å²) in [5.41, 5.74) is 1.34. The SMILES string of the molecule is Cc1ccc(N(CN2C(=O)C3C4C=CC(C5CC45)C3C2=O)C(=O)C(F)(F)F)c(C)c1. The molecule has 1 saturated heterocycles. The van der Waals surface area contributed by atoms with Gasteiger partial charge in [-0.2, -0.15) is 13.2 Å². The zero-order chi connectivity index (χ0) is 21.5. The lowest BCUT2D eigenvalue weighted by atomic mass is 9.63. The van der Waals surface area contributed by atoms with Crippen LogP contribution in [-0.4, -0.2) is 35.5 Å². The standard InChI is InChI=1S/C22H21F3N2O3/c1-10-3-6-16(11(2)7-10)26(21(30)22(23,24)25)9-27-19(28)17-12-4-5-13(15-8-14(12)15)18(17)20(27)29/h3-7,12-15,17-18H,8-9H2,1-2H3. The van der Waals surface area contributed by atoms with Crippen molar-refractivity contribution in [1.29, 1.82) is 0 Å². The summed E-state index contributed by atoms with van der Waals surface area (Å²) in [4.78, 5) is 39.9. The highest BCUT2D eigenvalue weighted by Crippen LogP contribution is 2.65. The lowest BCUT2D eigenvalue weighted by Crippen LogP contribution is -2.49. The fourth-order valence-electron chi connectivity index (χ4n) is 5.81. The lowest BCUT2D eigenvalue weighted by molar-refractivity contribution is -0.171. The number of hydrogen-bond donors (Lipinski definition) is 0. The van der Waals surface area contributed by atoms with Gasteiger partial charge in [0.1, 0.15) is 6.67 Å². The molecule has 0 radical (unpaired) electrons. The molecule has 158 valence electrons. The molecule has 0 aromatic heterocycles. The van der Waals surface area contributed by atoms with Crippen LogP contribution < -0.4 is 4.90 Å². The van der Waals surface area contributed by atoms with Crippen molar-refractivity contribution in [2.45, 2.75) is 26.4 Å². The van der Waals surface area contributed by atoms with Crippen molar-refractivity contribution in [2.75, 3.05) is 11.6 Å². The summed E-state index contributed by atoms with van der Waals surface area (Å²) in [6.07, 6.45) is -0.135. The minimum absolute atomic E-state index is 0.0284. The van der Waals surface area contributed by atoms with Crippen molar-refractivity contribution < 1.29 is 27.6 Å². The van der Waals surface area contributed by atoms with E-state index in [0.717, 1.165) is 16.9 Å². The summed E-state index contributed by atoms with van der Waals surface area (Å²) in [7, 11) is 0. The van der Waals surface area contributed by atoms with Crippen LogP contribution in [0.4, 0.5) is 18.9 Å². The van der Waals surface area contributed by atoms with Gasteiger partial charge in [-0.15, -0.1) is 0 Å². The van der Waals surface area contributed by atoms with E-state index in [1.54, 1.807) is 26.0 Å². The smallest absolute Gasteiger partial charge is 0.286 e. The Labute approximate surface area is 171 Å². The van der Waals surface area contributed by atoms with Gasteiger partial charge in [0.2, 0.25) is 11.8 Å². The number of allylic oxidation sites excluding steroid dienone is 2. The van der Waals surface area contributed by atoms with Gasteiger partial charge in [-0.05, 0) is 55.6 Å². The fraction of sp³-hybridized carbons (Fsp3) is 0.500. The fourth-order valence-corrected chi connectivity index (χ4v) is 5.81. The Kier molecular flexibility index (Phi) is 3.98. The second-order valence-corrected chi connectivity index (χ2v) is 8.92. The molecule has 3 amide bonds. The minimum atomic E-state index is -5.13. The summed E-state index contributed by atoms with van der Waals surface area (Å²) < 4.78 is 40.1. The number of benzene rings is 1.